The Morgan fingerprint density at radius 1 is 1.26 bits per heavy atom. The molecule has 1 aromatic rings. The average molecular weight is 318 g/mol. The Bertz CT molecular complexity index is 542. The summed E-state index contributed by atoms with van der Waals surface area (Å²) in [7, 11) is 1.69. The van der Waals surface area contributed by atoms with E-state index in [1.807, 2.05) is 17.0 Å². The van der Waals surface area contributed by atoms with Gasteiger partial charge in [0.1, 0.15) is 5.75 Å². The highest BCUT2D eigenvalue weighted by Crippen LogP contribution is 2.29. The van der Waals surface area contributed by atoms with Crippen molar-refractivity contribution >= 4 is 5.91 Å². The molecular formula is C18H26N2O3. The molecule has 1 aromatic carbocycles. The molecule has 0 N–H and O–H groups in total. The van der Waals surface area contributed by atoms with Gasteiger partial charge in [0, 0.05) is 33.1 Å². The highest BCUT2D eigenvalue weighted by atomic mass is 16.5. The number of hydrogen-bond donors (Lipinski definition) is 0. The first-order valence-electron chi connectivity index (χ1n) is 8.35. The summed E-state index contributed by atoms with van der Waals surface area (Å²) in [4.78, 5) is 16.1. The minimum atomic E-state index is -0.186. The molecule has 126 valence electrons. The van der Waals surface area contributed by atoms with Crippen LogP contribution in [0.25, 0.3) is 0 Å². The molecule has 2 aliphatic rings. The minimum absolute atomic E-state index is 0.153. The zero-order valence-electron chi connectivity index (χ0n) is 14.1. The van der Waals surface area contributed by atoms with Gasteiger partial charge in [-0.05, 0) is 30.5 Å². The Morgan fingerprint density at radius 2 is 2.04 bits per heavy atom. The Hall–Kier alpha value is -1.59. The van der Waals surface area contributed by atoms with E-state index in [9.17, 15) is 4.79 Å². The zero-order valence-corrected chi connectivity index (χ0v) is 14.1. The Balaban J connectivity index is 1.64. The van der Waals surface area contributed by atoms with E-state index in [2.05, 4.69) is 17.0 Å². The molecule has 1 spiro atoms. The van der Waals surface area contributed by atoms with Gasteiger partial charge in [-0.1, -0.05) is 12.1 Å². The third-order valence-electron chi connectivity index (χ3n) is 4.88. The summed E-state index contributed by atoms with van der Waals surface area (Å²) >= 11 is 0. The maximum Gasteiger partial charge on any atom is 0.219 e. The first kappa shape index (κ1) is 16.3. The Morgan fingerprint density at radius 3 is 2.74 bits per heavy atom. The van der Waals surface area contributed by atoms with Crippen molar-refractivity contribution in [1.29, 1.82) is 0 Å². The zero-order chi connectivity index (χ0) is 16.3. The number of piperidine rings is 1. The van der Waals surface area contributed by atoms with Crippen molar-refractivity contribution < 1.29 is 14.3 Å². The third-order valence-corrected chi connectivity index (χ3v) is 4.88. The molecule has 23 heavy (non-hydrogen) atoms. The van der Waals surface area contributed by atoms with E-state index in [0.717, 1.165) is 57.9 Å². The summed E-state index contributed by atoms with van der Waals surface area (Å²) in [5.41, 5.74) is 1.09. The highest BCUT2D eigenvalue weighted by Gasteiger charge is 2.41. The molecule has 2 aliphatic heterocycles. The fourth-order valence-electron chi connectivity index (χ4n) is 3.66. The lowest BCUT2D eigenvalue weighted by Crippen LogP contribution is -2.60. The van der Waals surface area contributed by atoms with Crippen LogP contribution in [0.15, 0.2) is 24.3 Å². The van der Waals surface area contributed by atoms with E-state index in [1.54, 1.807) is 14.0 Å². The summed E-state index contributed by atoms with van der Waals surface area (Å²) in [6, 6.07) is 8.24. The minimum Gasteiger partial charge on any atom is -0.497 e. The normalized spacial score (nSPS) is 25.6. The standard InChI is InChI=1S/C18H26N2O3/c1-15(21)20-9-3-8-18(14-20)13-19(10-11-23-18)12-16-4-6-17(22-2)7-5-16/h4-7H,3,8-14H2,1-2H3/t18-/m1/s1. The van der Waals surface area contributed by atoms with Crippen LogP contribution >= 0.6 is 0 Å². The van der Waals surface area contributed by atoms with Crippen LogP contribution in [0.4, 0.5) is 0 Å². The first-order valence-corrected chi connectivity index (χ1v) is 8.35. The van der Waals surface area contributed by atoms with E-state index >= 15 is 0 Å². The number of methoxy groups -OCH3 is 1. The van der Waals surface area contributed by atoms with Crippen LogP contribution in [0, 0.1) is 0 Å². The molecule has 0 saturated carbocycles. The quantitative estimate of drug-likeness (QED) is 0.854. The van der Waals surface area contributed by atoms with Crippen molar-refractivity contribution in [3.05, 3.63) is 29.8 Å². The Kier molecular flexibility index (Phi) is 4.87. The number of hydrogen-bond acceptors (Lipinski definition) is 4. The molecule has 3 rings (SSSR count). The highest BCUT2D eigenvalue weighted by molar-refractivity contribution is 5.73. The maximum absolute atomic E-state index is 11.7. The van der Waals surface area contributed by atoms with Gasteiger partial charge in [0.25, 0.3) is 0 Å². The van der Waals surface area contributed by atoms with Crippen molar-refractivity contribution in [2.24, 2.45) is 0 Å². The molecule has 1 amide bonds. The summed E-state index contributed by atoms with van der Waals surface area (Å²) in [6.07, 6.45) is 2.06. The van der Waals surface area contributed by atoms with Gasteiger partial charge in [0.2, 0.25) is 5.91 Å². The van der Waals surface area contributed by atoms with Crippen LogP contribution in [0.2, 0.25) is 0 Å². The van der Waals surface area contributed by atoms with Gasteiger partial charge in [-0.2, -0.15) is 0 Å². The van der Waals surface area contributed by atoms with Crippen LogP contribution in [0.1, 0.15) is 25.3 Å². The Labute approximate surface area is 138 Å². The second kappa shape index (κ2) is 6.89. The lowest BCUT2D eigenvalue weighted by atomic mass is 9.90. The summed E-state index contributed by atoms with van der Waals surface area (Å²) in [5, 5.41) is 0. The average Bonchev–Trinajstić information content (AvgIpc) is 2.56. The maximum atomic E-state index is 11.7. The summed E-state index contributed by atoms with van der Waals surface area (Å²) in [6.45, 7) is 6.71. The molecule has 0 unspecified atom stereocenters. The van der Waals surface area contributed by atoms with Crippen LogP contribution in [-0.2, 0) is 16.1 Å². The molecule has 1 atom stereocenters. The van der Waals surface area contributed by atoms with Crippen LogP contribution < -0.4 is 4.74 Å². The predicted molar refractivity (Wildman–Crippen MR) is 88.4 cm³/mol. The molecule has 5 heteroatoms. The SMILES string of the molecule is COc1ccc(CN2CCO[C@]3(CCCN(C(C)=O)C3)C2)cc1. The summed E-state index contributed by atoms with van der Waals surface area (Å²) in [5.74, 6) is 1.04. The number of morpholine rings is 1. The number of likely N-dealkylation sites (tertiary alicyclic amines) is 1. The van der Waals surface area contributed by atoms with Crippen molar-refractivity contribution in [1.82, 2.24) is 9.80 Å². The fourth-order valence-corrected chi connectivity index (χ4v) is 3.66. The molecule has 2 heterocycles. The van der Waals surface area contributed by atoms with Gasteiger partial charge in [-0.3, -0.25) is 9.69 Å². The van der Waals surface area contributed by atoms with E-state index in [1.165, 1.54) is 5.56 Å². The number of amides is 1. The number of carbonyl (C=O) groups is 1. The number of carbonyl (C=O) groups excluding carboxylic acids is 1. The lowest BCUT2D eigenvalue weighted by molar-refractivity contribution is -0.156. The molecule has 0 radical (unpaired) electrons. The van der Waals surface area contributed by atoms with E-state index < -0.39 is 0 Å². The van der Waals surface area contributed by atoms with Gasteiger partial charge < -0.3 is 14.4 Å². The molecule has 0 aliphatic carbocycles. The van der Waals surface area contributed by atoms with Gasteiger partial charge in [-0.25, -0.2) is 0 Å². The van der Waals surface area contributed by atoms with Crippen molar-refractivity contribution in [2.75, 3.05) is 39.9 Å². The van der Waals surface area contributed by atoms with Crippen LogP contribution in [-0.4, -0.2) is 61.2 Å². The predicted octanol–water partition coefficient (Wildman–Crippen LogP) is 1.91. The summed E-state index contributed by atoms with van der Waals surface area (Å²) < 4.78 is 11.3. The number of benzene rings is 1. The van der Waals surface area contributed by atoms with E-state index in [-0.39, 0.29) is 11.5 Å². The molecule has 0 bridgehead atoms. The number of nitrogens with zero attached hydrogens (tertiary/aromatic N) is 2. The van der Waals surface area contributed by atoms with Crippen molar-refractivity contribution in [3.8, 4) is 5.75 Å². The lowest BCUT2D eigenvalue weighted by Gasteiger charge is -2.48. The van der Waals surface area contributed by atoms with Crippen LogP contribution in [0.3, 0.4) is 0 Å². The largest absolute Gasteiger partial charge is 0.497 e. The van der Waals surface area contributed by atoms with Crippen molar-refractivity contribution in [2.45, 2.75) is 31.9 Å². The smallest absolute Gasteiger partial charge is 0.219 e. The van der Waals surface area contributed by atoms with Crippen LogP contribution in [0.5, 0.6) is 5.75 Å². The van der Waals surface area contributed by atoms with Gasteiger partial charge in [0.05, 0.1) is 25.9 Å². The van der Waals surface area contributed by atoms with E-state index in [4.69, 9.17) is 9.47 Å². The molecule has 2 saturated heterocycles. The second-order valence-electron chi connectivity index (χ2n) is 6.63. The van der Waals surface area contributed by atoms with Gasteiger partial charge in [0.15, 0.2) is 0 Å². The molecule has 0 aromatic heterocycles. The third kappa shape index (κ3) is 3.85. The number of ether oxygens (including phenoxy) is 2. The fraction of sp³-hybridized carbons (Fsp3) is 0.611. The van der Waals surface area contributed by atoms with Crippen molar-refractivity contribution in [3.63, 3.8) is 0 Å². The topological polar surface area (TPSA) is 42.0 Å². The molecule has 2 fully saturated rings. The second-order valence-corrected chi connectivity index (χ2v) is 6.63. The molecule has 5 nitrogen and oxygen atoms in total. The van der Waals surface area contributed by atoms with Gasteiger partial charge >= 0.3 is 0 Å². The number of rotatable bonds is 3. The molecular weight excluding hydrogens is 292 g/mol. The first-order chi connectivity index (χ1) is 11.1. The van der Waals surface area contributed by atoms with Gasteiger partial charge in [-0.15, -0.1) is 0 Å². The monoisotopic (exact) mass is 318 g/mol. The van der Waals surface area contributed by atoms with E-state index in [0.29, 0.717) is 0 Å².